The summed E-state index contributed by atoms with van der Waals surface area (Å²) in [5.41, 5.74) is 6.57. The van der Waals surface area contributed by atoms with Crippen LogP contribution < -0.4 is 27.0 Å². The average Bonchev–Trinajstić information content (AvgIpc) is 2.74. The third-order valence-electron chi connectivity index (χ3n) is 3.85. The van der Waals surface area contributed by atoms with E-state index in [2.05, 4.69) is 33.9 Å². The molecule has 0 aliphatic carbocycles. The van der Waals surface area contributed by atoms with E-state index < -0.39 is 61.3 Å². The van der Waals surface area contributed by atoms with Crippen molar-refractivity contribution >= 4 is 42.2 Å². The number of carboxylic acid groups (broad SMARTS) is 1. The summed E-state index contributed by atoms with van der Waals surface area (Å²) in [6.07, 6.45) is 0.180. The molecule has 0 heterocycles. The van der Waals surface area contributed by atoms with Crippen molar-refractivity contribution in [3.63, 3.8) is 0 Å². The lowest BCUT2D eigenvalue weighted by Crippen LogP contribution is -2.54. The molecule has 1 aromatic rings. The Labute approximate surface area is 183 Å². The van der Waals surface area contributed by atoms with Gasteiger partial charge >= 0.3 is 5.97 Å². The van der Waals surface area contributed by atoms with Crippen LogP contribution in [0.15, 0.2) is 24.3 Å². The van der Waals surface area contributed by atoms with Gasteiger partial charge in [0.2, 0.25) is 23.6 Å². The van der Waals surface area contributed by atoms with E-state index in [0.717, 1.165) is 5.56 Å². The molecule has 31 heavy (non-hydrogen) atoms. The van der Waals surface area contributed by atoms with Gasteiger partial charge in [0.05, 0.1) is 19.1 Å². The van der Waals surface area contributed by atoms with Crippen molar-refractivity contribution in [2.24, 2.45) is 5.73 Å². The first-order valence-corrected chi connectivity index (χ1v) is 9.73. The molecule has 0 bridgehead atoms. The molecule has 0 saturated heterocycles. The van der Waals surface area contributed by atoms with Gasteiger partial charge in [-0.1, -0.05) is 12.1 Å². The standard InChI is InChI=1S/C18H25N5O7S/c19-12(5-10-1-3-11(24)4-2-10)17(29)23-13(9-31)18(30)22-7-15(26)20-6-14(25)21-8-16(27)28/h1-4,12-13,24,31H,5-9,19H2,(H,20,26)(H,21,25)(H,22,30)(H,23,29)(H,27,28)/t12-,13-/m0/s1. The third kappa shape index (κ3) is 10.3. The number of aliphatic carboxylic acids is 1. The van der Waals surface area contributed by atoms with Gasteiger partial charge in [-0.2, -0.15) is 12.6 Å². The molecular weight excluding hydrogens is 430 g/mol. The van der Waals surface area contributed by atoms with Gasteiger partial charge in [-0.05, 0) is 24.1 Å². The number of phenols is 1. The number of phenolic OH excluding ortho intramolecular Hbond substituents is 1. The summed E-state index contributed by atoms with van der Waals surface area (Å²) in [5.74, 6) is -3.86. The van der Waals surface area contributed by atoms with Gasteiger partial charge in [0.1, 0.15) is 18.3 Å². The van der Waals surface area contributed by atoms with Crippen LogP contribution in [0.4, 0.5) is 0 Å². The van der Waals surface area contributed by atoms with Crippen molar-refractivity contribution in [1.29, 1.82) is 0 Å². The number of aromatic hydroxyl groups is 1. The first kappa shape index (κ1) is 25.7. The maximum absolute atomic E-state index is 12.2. The first-order valence-electron chi connectivity index (χ1n) is 9.10. The molecule has 13 heteroatoms. The molecule has 0 fully saturated rings. The quantitative estimate of drug-likeness (QED) is 0.153. The summed E-state index contributed by atoms with van der Waals surface area (Å²) in [7, 11) is 0. The molecule has 12 nitrogen and oxygen atoms in total. The number of hydrogen-bond donors (Lipinski definition) is 8. The Balaban J connectivity index is 2.41. The second-order valence-electron chi connectivity index (χ2n) is 6.39. The monoisotopic (exact) mass is 455 g/mol. The largest absolute Gasteiger partial charge is 0.508 e. The number of rotatable bonds is 12. The molecule has 0 saturated carbocycles. The molecule has 0 radical (unpaired) electrons. The van der Waals surface area contributed by atoms with Crippen LogP contribution in [-0.2, 0) is 30.4 Å². The van der Waals surface area contributed by atoms with Crippen molar-refractivity contribution < 1.29 is 34.2 Å². The maximum atomic E-state index is 12.2. The van der Waals surface area contributed by atoms with Crippen LogP contribution in [0.2, 0.25) is 0 Å². The minimum absolute atomic E-state index is 0.0529. The smallest absolute Gasteiger partial charge is 0.322 e. The summed E-state index contributed by atoms with van der Waals surface area (Å²) in [6, 6.07) is 4.16. The molecule has 0 unspecified atom stereocenters. The average molecular weight is 455 g/mol. The normalized spacial score (nSPS) is 12.2. The van der Waals surface area contributed by atoms with E-state index in [1.54, 1.807) is 12.1 Å². The molecule has 0 aliphatic heterocycles. The van der Waals surface area contributed by atoms with E-state index in [0.29, 0.717) is 0 Å². The predicted octanol–water partition coefficient (Wildman–Crippen LogP) is -2.89. The van der Waals surface area contributed by atoms with Gasteiger partial charge in [0, 0.05) is 5.75 Å². The fourth-order valence-electron chi connectivity index (χ4n) is 2.22. The number of benzene rings is 1. The highest BCUT2D eigenvalue weighted by Crippen LogP contribution is 2.11. The zero-order chi connectivity index (χ0) is 23.4. The Morgan fingerprint density at radius 1 is 0.903 bits per heavy atom. The Kier molecular flexibility index (Phi) is 10.8. The highest BCUT2D eigenvalue weighted by atomic mass is 32.1. The number of carboxylic acids is 1. The Hall–Kier alpha value is -3.32. The van der Waals surface area contributed by atoms with Crippen molar-refractivity contribution in [1.82, 2.24) is 21.3 Å². The van der Waals surface area contributed by atoms with Gasteiger partial charge in [0.25, 0.3) is 0 Å². The number of carbonyl (C=O) groups is 5. The molecule has 1 aromatic carbocycles. The molecule has 170 valence electrons. The molecule has 8 N–H and O–H groups in total. The van der Waals surface area contributed by atoms with Gasteiger partial charge in [-0.15, -0.1) is 0 Å². The summed E-state index contributed by atoms with van der Waals surface area (Å²) in [5, 5.41) is 26.7. The highest BCUT2D eigenvalue weighted by molar-refractivity contribution is 7.80. The number of thiol groups is 1. The van der Waals surface area contributed by atoms with Gasteiger partial charge in [0.15, 0.2) is 0 Å². The van der Waals surface area contributed by atoms with Crippen molar-refractivity contribution in [2.45, 2.75) is 18.5 Å². The maximum Gasteiger partial charge on any atom is 0.322 e. The second-order valence-corrected chi connectivity index (χ2v) is 6.75. The topological polar surface area (TPSA) is 200 Å². The molecule has 2 atom stereocenters. The molecule has 0 spiro atoms. The second kappa shape index (κ2) is 13.1. The van der Waals surface area contributed by atoms with Crippen LogP contribution in [0.5, 0.6) is 5.75 Å². The van der Waals surface area contributed by atoms with E-state index in [9.17, 15) is 29.1 Å². The summed E-state index contributed by atoms with van der Waals surface area (Å²) in [4.78, 5) is 57.8. The fraction of sp³-hybridized carbons (Fsp3) is 0.389. The molecule has 4 amide bonds. The SMILES string of the molecule is N[C@@H](Cc1ccc(O)cc1)C(=O)N[C@@H](CS)C(=O)NCC(=O)NCC(=O)NCC(=O)O. The van der Waals surface area contributed by atoms with Crippen molar-refractivity contribution in [2.75, 3.05) is 25.4 Å². The van der Waals surface area contributed by atoms with Gasteiger partial charge in [-0.3, -0.25) is 24.0 Å². The van der Waals surface area contributed by atoms with Crippen LogP contribution in [-0.4, -0.2) is 77.3 Å². The minimum atomic E-state index is -1.23. The summed E-state index contributed by atoms with van der Waals surface area (Å²) in [6.45, 7) is -1.50. The van der Waals surface area contributed by atoms with Crippen molar-refractivity contribution in [3.8, 4) is 5.75 Å². The van der Waals surface area contributed by atoms with Crippen LogP contribution in [0.1, 0.15) is 5.56 Å². The zero-order valence-electron chi connectivity index (χ0n) is 16.5. The lowest BCUT2D eigenvalue weighted by molar-refractivity contribution is -0.137. The van der Waals surface area contributed by atoms with Crippen LogP contribution in [0, 0.1) is 0 Å². The van der Waals surface area contributed by atoms with Gasteiger partial charge < -0.3 is 37.2 Å². The molecule has 0 aliphatic rings. The van der Waals surface area contributed by atoms with Crippen molar-refractivity contribution in [3.05, 3.63) is 29.8 Å². The summed E-state index contributed by atoms with van der Waals surface area (Å²) < 4.78 is 0. The first-order chi connectivity index (χ1) is 14.6. The van der Waals surface area contributed by atoms with E-state index in [-0.39, 0.29) is 17.9 Å². The fourth-order valence-corrected chi connectivity index (χ4v) is 2.48. The molecular formula is C18H25N5O7S. The molecule has 1 rings (SSSR count). The number of carbonyl (C=O) groups excluding carboxylic acids is 4. The lowest BCUT2D eigenvalue weighted by Gasteiger charge is -2.19. The predicted molar refractivity (Wildman–Crippen MR) is 112 cm³/mol. The van der Waals surface area contributed by atoms with E-state index in [4.69, 9.17) is 10.8 Å². The summed E-state index contributed by atoms with van der Waals surface area (Å²) >= 11 is 4.02. The van der Waals surface area contributed by atoms with Gasteiger partial charge in [-0.25, -0.2) is 0 Å². The Morgan fingerprint density at radius 3 is 2.00 bits per heavy atom. The number of nitrogens with one attached hydrogen (secondary N) is 4. The number of amides is 4. The third-order valence-corrected chi connectivity index (χ3v) is 4.22. The lowest BCUT2D eigenvalue weighted by atomic mass is 10.1. The van der Waals surface area contributed by atoms with E-state index in [1.807, 2.05) is 0 Å². The molecule has 0 aromatic heterocycles. The van der Waals surface area contributed by atoms with E-state index >= 15 is 0 Å². The Morgan fingerprint density at radius 2 is 1.45 bits per heavy atom. The van der Waals surface area contributed by atoms with Crippen LogP contribution >= 0.6 is 12.6 Å². The highest BCUT2D eigenvalue weighted by Gasteiger charge is 2.23. The number of hydrogen-bond acceptors (Lipinski definition) is 8. The minimum Gasteiger partial charge on any atom is -0.508 e. The van der Waals surface area contributed by atoms with Crippen LogP contribution in [0.25, 0.3) is 0 Å². The Bertz CT molecular complexity index is 803. The zero-order valence-corrected chi connectivity index (χ0v) is 17.4. The number of nitrogens with two attached hydrogens (primary N) is 1. The van der Waals surface area contributed by atoms with Crippen LogP contribution in [0.3, 0.4) is 0 Å². The van der Waals surface area contributed by atoms with E-state index in [1.165, 1.54) is 12.1 Å².